The SMILES string of the molecule is O=C(OCc1cccc(Cl)c1)c1ccc(-c2ccccc2)cc1. The van der Waals surface area contributed by atoms with E-state index in [9.17, 15) is 4.79 Å². The second kappa shape index (κ2) is 7.12. The van der Waals surface area contributed by atoms with Crippen molar-refractivity contribution < 1.29 is 9.53 Å². The Morgan fingerprint density at radius 2 is 1.52 bits per heavy atom. The van der Waals surface area contributed by atoms with Crippen LogP contribution in [0.1, 0.15) is 15.9 Å². The Balaban J connectivity index is 1.66. The van der Waals surface area contributed by atoms with Gasteiger partial charge in [0.2, 0.25) is 0 Å². The Kier molecular flexibility index (Phi) is 4.74. The van der Waals surface area contributed by atoms with E-state index in [0.717, 1.165) is 16.7 Å². The van der Waals surface area contributed by atoms with Gasteiger partial charge in [-0.15, -0.1) is 0 Å². The van der Waals surface area contributed by atoms with Crippen molar-refractivity contribution in [3.8, 4) is 11.1 Å². The molecule has 3 heteroatoms. The van der Waals surface area contributed by atoms with E-state index in [0.29, 0.717) is 10.6 Å². The molecule has 3 rings (SSSR count). The topological polar surface area (TPSA) is 26.3 Å². The standard InChI is InChI=1S/C20H15ClO2/c21-19-8-4-5-15(13-19)14-23-20(22)18-11-9-17(10-12-18)16-6-2-1-3-7-16/h1-13H,14H2. The maximum Gasteiger partial charge on any atom is 0.338 e. The van der Waals surface area contributed by atoms with Gasteiger partial charge in [-0.25, -0.2) is 4.79 Å². The predicted molar refractivity (Wildman–Crippen MR) is 92.4 cm³/mol. The zero-order valence-corrected chi connectivity index (χ0v) is 13.2. The van der Waals surface area contributed by atoms with Crippen LogP contribution in [0, 0.1) is 0 Å². The average molecular weight is 323 g/mol. The Bertz CT molecular complexity index is 795. The fourth-order valence-corrected chi connectivity index (χ4v) is 2.50. The summed E-state index contributed by atoms with van der Waals surface area (Å²) >= 11 is 5.91. The Labute approximate surface area is 140 Å². The maximum absolute atomic E-state index is 12.1. The second-order valence-corrected chi connectivity index (χ2v) is 5.59. The molecule has 0 spiro atoms. The van der Waals surface area contributed by atoms with Gasteiger partial charge in [-0.2, -0.15) is 0 Å². The van der Waals surface area contributed by atoms with Crippen molar-refractivity contribution in [2.24, 2.45) is 0 Å². The minimum atomic E-state index is -0.343. The molecule has 0 amide bonds. The van der Waals surface area contributed by atoms with Crippen LogP contribution in [0.4, 0.5) is 0 Å². The van der Waals surface area contributed by atoms with Crippen molar-refractivity contribution >= 4 is 17.6 Å². The van der Waals surface area contributed by atoms with Crippen molar-refractivity contribution in [2.75, 3.05) is 0 Å². The van der Waals surface area contributed by atoms with E-state index in [1.807, 2.05) is 54.6 Å². The van der Waals surface area contributed by atoms with Crippen LogP contribution in [-0.4, -0.2) is 5.97 Å². The lowest BCUT2D eigenvalue weighted by atomic mass is 10.0. The first kappa shape index (κ1) is 15.3. The summed E-state index contributed by atoms with van der Waals surface area (Å²) in [5.74, 6) is -0.343. The summed E-state index contributed by atoms with van der Waals surface area (Å²) in [6.45, 7) is 0.208. The number of benzene rings is 3. The third kappa shape index (κ3) is 3.99. The Hall–Kier alpha value is -2.58. The van der Waals surface area contributed by atoms with Gasteiger partial charge in [-0.3, -0.25) is 0 Å². The summed E-state index contributed by atoms with van der Waals surface area (Å²) in [7, 11) is 0. The summed E-state index contributed by atoms with van der Waals surface area (Å²) < 4.78 is 5.32. The second-order valence-electron chi connectivity index (χ2n) is 5.15. The first-order valence-electron chi connectivity index (χ1n) is 7.29. The van der Waals surface area contributed by atoms with Gasteiger partial charge < -0.3 is 4.74 Å². The molecule has 3 aromatic carbocycles. The first-order chi connectivity index (χ1) is 11.2. The molecule has 0 aromatic heterocycles. The Morgan fingerprint density at radius 1 is 0.826 bits per heavy atom. The number of hydrogen-bond acceptors (Lipinski definition) is 2. The minimum absolute atomic E-state index is 0.208. The molecule has 114 valence electrons. The largest absolute Gasteiger partial charge is 0.457 e. The summed E-state index contributed by atoms with van der Waals surface area (Å²) in [5.41, 5.74) is 3.59. The highest BCUT2D eigenvalue weighted by molar-refractivity contribution is 6.30. The third-order valence-corrected chi connectivity index (χ3v) is 3.72. The average Bonchev–Trinajstić information content (AvgIpc) is 2.61. The van der Waals surface area contributed by atoms with Gasteiger partial charge in [0, 0.05) is 5.02 Å². The van der Waals surface area contributed by atoms with Crippen LogP contribution in [0.5, 0.6) is 0 Å². The Morgan fingerprint density at radius 3 is 2.22 bits per heavy atom. The van der Waals surface area contributed by atoms with Gasteiger partial charge in [0.25, 0.3) is 0 Å². The highest BCUT2D eigenvalue weighted by atomic mass is 35.5. The van der Waals surface area contributed by atoms with Crippen molar-refractivity contribution in [1.29, 1.82) is 0 Å². The van der Waals surface area contributed by atoms with E-state index >= 15 is 0 Å². The lowest BCUT2D eigenvalue weighted by molar-refractivity contribution is 0.0473. The molecule has 0 aliphatic rings. The smallest absolute Gasteiger partial charge is 0.338 e. The van der Waals surface area contributed by atoms with Crippen LogP contribution >= 0.6 is 11.6 Å². The number of esters is 1. The van der Waals surface area contributed by atoms with Gasteiger partial charge in [0.1, 0.15) is 6.61 Å². The molecule has 0 radical (unpaired) electrons. The summed E-state index contributed by atoms with van der Waals surface area (Å²) in [4.78, 5) is 12.1. The van der Waals surface area contributed by atoms with Gasteiger partial charge >= 0.3 is 5.97 Å². The van der Waals surface area contributed by atoms with Crippen LogP contribution in [0.15, 0.2) is 78.9 Å². The van der Waals surface area contributed by atoms with Crippen LogP contribution in [0.25, 0.3) is 11.1 Å². The van der Waals surface area contributed by atoms with Crippen molar-refractivity contribution in [3.63, 3.8) is 0 Å². The fourth-order valence-electron chi connectivity index (χ4n) is 2.29. The molecule has 0 saturated heterocycles. The highest BCUT2D eigenvalue weighted by Crippen LogP contribution is 2.20. The zero-order valence-electron chi connectivity index (χ0n) is 12.4. The molecule has 0 saturated carbocycles. The number of carbonyl (C=O) groups excluding carboxylic acids is 1. The van der Waals surface area contributed by atoms with Gasteiger partial charge in [-0.1, -0.05) is 66.2 Å². The monoisotopic (exact) mass is 322 g/mol. The molecule has 0 unspecified atom stereocenters. The van der Waals surface area contributed by atoms with Crippen molar-refractivity contribution in [2.45, 2.75) is 6.61 Å². The predicted octanol–water partition coefficient (Wildman–Crippen LogP) is 5.36. The van der Waals surface area contributed by atoms with Crippen molar-refractivity contribution in [1.82, 2.24) is 0 Å². The van der Waals surface area contributed by atoms with Gasteiger partial charge in [0.05, 0.1) is 5.56 Å². The number of carbonyl (C=O) groups is 1. The van der Waals surface area contributed by atoms with E-state index < -0.39 is 0 Å². The molecule has 0 N–H and O–H groups in total. The minimum Gasteiger partial charge on any atom is -0.457 e. The maximum atomic E-state index is 12.1. The summed E-state index contributed by atoms with van der Waals surface area (Å²) in [6, 6.07) is 24.7. The van der Waals surface area contributed by atoms with Gasteiger partial charge in [0.15, 0.2) is 0 Å². The van der Waals surface area contributed by atoms with Crippen LogP contribution in [0.2, 0.25) is 5.02 Å². The number of halogens is 1. The normalized spacial score (nSPS) is 10.3. The van der Waals surface area contributed by atoms with E-state index in [1.54, 1.807) is 24.3 Å². The van der Waals surface area contributed by atoms with Crippen LogP contribution in [-0.2, 0) is 11.3 Å². The zero-order chi connectivity index (χ0) is 16.1. The lowest BCUT2D eigenvalue weighted by Crippen LogP contribution is -2.05. The van der Waals surface area contributed by atoms with E-state index in [2.05, 4.69) is 0 Å². The van der Waals surface area contributed by atoms with E-state index in [-0.39, 0.29) is 12.6 Å². The molecule has 0 aliphatic heterocycles. The van der Waals surface area contributed by atoms with Gasteiger partial charge in [-0.05, 0) is 41.0 Å². The summed E-state index contributed by atoms with van der Waals surface area (Å²) in [5, 5.41) is 0.630. The molecule has 0 aliphatic carbocycles. The quantitative estimate of drug-likeness (QED) is 0.604. The molecular weight excluding hydrogens is 308 g/mol. The highest BCUT2D eigenvalue weighted by Gasteiger charge is 2.08. The molecule has 23 heavy (non-hydrogen) atoms. The molecule has 0 bridgehead atoms. The third-order valence-electron chi connectivity index (χ3n) is 3.49. The number of ether oxygens (including phenoxy) is 1. The molecule has 0 fully saturated rings. The number of rotatable bonds is 4. The molecule has 0 heterocycles. The first-order valence-corrected chi connectivity index (χ1v) is 7.67. The van der Waals surface area contributed by atoms with E-state index in [1.165, 1.54) is 0 Å². The van der Waals surface area contributed by atoms with E-state index in [4.69, 9.17) is 16.3 Å². The summed E-state index contributed by atoms with van der Waals surface area (Å²) in [6.07, 6.45) is 0. The fraction of sp³-hybridized carbons (Fsp3) is 0.0500. The molecular formula is C20H15ClO2. The molecule has 2 nitrogen and oxygen atoms in total. The van der Waals surface area contributed by atoms with Crippen LogP contribution < -0.4 is 0 Å². The molecule has 0 atom stereocenters. The van der Waals surface area contributed by atoms with Crippen molar-refractivity contribution in [3.05, 3.63) is 95.0 Å². The lowest BCUT2D eigenvalue weighted by Gasteiger charge is -2.06. The molecule has 3 aromatic rings. The number of hydrogen-bond donors (Lipinski definition) is 0. The van der Waals surface area contributed by atoms with Crippen LogP contribution in [0.3, 0.4) is 0 Å².